The first-order chi connectivity index (χ1) is 9.85. The van der Waals surface area contributed by atoms with Crippen LogP contribution >= 0.6 is 0 Å². The van der Waals surface area contributed by atoms with Crippen LogP contribution in [0.15, 0.2) is 48.9 Å². The van der Waals surface area contributed by atoms with Crippen molar-refractivity contribution in [3.63, 3.8) is 0 Å². The summed E-state index contributed by atoms with van der Waals surface area (Å²) in [5.74, 6) is 0. The van der Waals surface area contributed by atoms with E-state index in [0.717, 1.165) is 33.8 Å². The number of anilines is 1. The van der Waals surface area contributed by atoms with Gasteiger partial charge in [-0.25, -0.2) is 9.97 Å². The largest absolute Gasteiger partial charge is 0.387 e. The second kappa shape index (κ2) is 4.09. The number of imidazole rings is 1. The number of hydrogen-bond donors (Lipinski definition) is 2. The van der Waals surface area contributed by atoms with Crippen LogP contribution in [-0.2, 0) is 0 Å². The molecule has 0 saturated carbocycles. The van der Waals surface area contributed by atoms with E-state index in [0.29, 0.717) is 0 Å². The van der Waals surface area contributed by atoms with Crippen molar-refractivity contribution in [1.29, 1.82) is 0 Å². The van der Waals surface area contributed by atoms with Gasteiger partial charge in [0.15, 0.2) is 0 Å². The molecular formula is C15H13N5. The maximum atomic E-state index is 4.65. The van der Waals surface area contributed by atoms with Crippen molar-refractivity contribution < 1.29 is 0 Å². The standard InChI is InChI=1S/C15H13N5/c1-16-11-3-5-14-18-8-13(20(14)9-11)12-4-2-10-6-7-17-15(10)19-12/h2-9,16H,1H3,(H,17,19). The molecule has 0 unspecified atom stereocenters. The van der Waals surface area contributed by atoms with Crippen LogP contribution in [0.25, 0.3) is 28.1 Å². The maximum Gasteiger partial charge on any atom is 0.138 e. The molecule has 0 amide bonds. The van der Waals surface area contributed by atoms with E-state index in [2.05, 4.69) is 26.3 Å². The predicted molar refractivity (Wildman–Crippen MR) is 79.8 cm³/mol. The number of aromatic nitrogens is 4. The number of nitrogens with one attached hydrogen (secondary N) is 2. The molecule has 0 fully saturated rings. The van der Waals surface area contributed by atoms with Crippen molar-refractivity contribution in [1.82, 2.24) is 19.4 Å². The van der Waals surface area contributed by atoms with Gasteiger partial charge in [0.25, 0.3) is 0 Å². The van der Waals surface area contributed by atoms with Crippen LogP contribution in [0.4, 0.5) is 5.69 Å². The zero-order valence-electron chi connectivity index (χ0n) is 11.0. The highest BCUT2D eigenvalue weighted by molar-refractivity contribution is 5.78. The van der Waals surface area contributed by atoms with Crippen molar-refractivity contribution in [2.75, 3.05) is 12.4 Å². The van der Waals surface area contributed by atoms with Gasteiger partial charge in [0.1, 0.15) is 11.3 Å². The molecule has 0 aromatic carbocycles. The SMILES string of the molecule is CNc1ccc2ncc(-c3ccc4cc[nH]c4n3)n2c1. The Kier molecular flexibility index (Phi) is 2.26. The third kappa shape index (κ3) is 1.56. The molecule has 0 saturated heterocycles. The molecule has 5 heteroatoms. The molecule has 0 aliphatic heterocycles. The summed E-state index contributed by atoms with van der Waals surface area (Å²) in [6.07, 6.45) is 5.78. The molecule has 0 aliphatic rings. The highest BCUT2D eigenvalue weighted by Gasteiger charge is 2.08. The molecule has 20 heavy (non-hydrogen) atoms. The summed E-state index contributed by atoms with van der Waals surface area (Å²) >= 11 is 0. The number of H-pyrrole nitrogens is 1. The smallest absolute Gasteiger partial charge is 0.138 e. The van der Waals surface area contributed by atoms with E-state index < -0.39 is 0 Å². The summed E-state index contributed by atoms with van der Waals surface area (Å²) in [5.41, 5.74) is 4.72. The number of pyridine rings is 2. The minimum Gasteiger partial charge on any atom is -0.387 e. The van der Waals surface area contributed by atoms with E-state index in [9.17, 15) is 0 Å². The van der Waals surface area contributed by atoms with E-state index in [-0.39, 0.29) is 0 Å². The summed E-state index contributed by atoms with van der Waals surface area (Å²) in [4.78, 5) is 12.2. The van der Waals surface area contributed by atoms with Crippen LogP contribution < -0.4 is 5.32 Å². The first-order valence-corrected chi connectivity index (χ1v) is 6.44. The Labute approximate surface area is 115 Å². The Hall–Kier alpha value is -2.82. The van der Waals surface area contributed by atoms with Gasteiger partial charge in [-0.3, -0.25) is 4.40 Å². The van der Waals surface area contributed by atoms with Gasteiger partial charge in [-0.1, -0.05) is 0 Å². The van der Waals surface area contributed by atoms with Crippen molar-refractivity contribution in [2.24, 2.45) is 0 Å². The maximum absolute atomic E-state index is 4.65. The molecule has 0 atom stereocenters. The van der Waals surface area contributed by atoms with Crippen molar-refractivity contribution in [3.05, 3.63) is 48.9 Å². The zero-order chi connectivity index (χ0) is 13.5. The Morgan fingerprint density at radius 1 is 1.15 bits per heavy atom. The van der Waals surface area contributed by atoms with Gasteiger partial charge < -0.3 is 10.3 Å². The molecule has 0 aliphatic carbocycles. The molecule has 4 rings (SSSR count). The van der Waals surface area contributed by atoms with Crippen LogP contribution in [0.3, 0.4) is 0 Å². The zero-order valence-corrected chi connectivity index (χ0v) is 11.0. The molecule has 2 N–H and O–H groups in total. The van der Waals surface area contributed by atoms with Crippen LogP contribution in [0.5, 0.6) is 0 Å². The molecule has 0 spiro atoms. The Morgan fingerprint density at radius 3 is 3.00 bits per heavy atom. The lowest BCUT2D eigenvalue weighted by atomic mass is 10.2. The Balaban J connectivity index is 1.96. The molecule has 5 nitrogen and oxygen atoms in total. The average Bonchev–Trinajstić information content (AvgIpc) is 3.11. The van der Waals surface area contributed by atoms with Gasteiger partial charge in [-0.05, 0) is 30.3 Å². The fraction of sp³-hybridized carbons (Fsp3) is 0.0667. The summed E-state index contributed by atoms with van der Waals surface area (Å²) in [6.45, 7) is 0. The summed E-state index contributed by atoms with van der Waals surface area (Å²) < 4.78 is 2.04. The normalized spacial score (nSPS) is 11.2. The van der Waals surface area contributed by atoms with Crippen LogP contribution in [-0.4, -0.2) is 26.4 Å². The molecule has 98 valence electrons. The third-order valence-electron chi connectivity index (χ3n) is 3.47. The monoisotopic (exact) mass is 263 g/mol. The van der Waals surface area contributed by atoms with E-state index in [4.69, 9.17) is 0 Å². The topological polar surface area (TPSA) is 58.0 Å². The number of aromatic amines is 1. The number of fused-ring (bicyclic) bond motifs is 2. The van der Waals surface area contributed by atoms with E-state index >= 15 is 0 Å². The molecule has 0 bridgehead atoms. The predicted octanol–water partition coefficient (Wildman–Crippen LogP) is 2.92. The van der Waals surface area contributed by atoms with E-state index in [1.807, 2.05) is 54.3 Å². The minimum absolute atomic E-state index is 0.891. The van der Waals surface area contributed by atoms with Crippen LogP contribution in [0, 0.1) is 0 Å². The van der Waals surface area contributed by atoms with E-state index in [1.165, 1.54) is 0 Å². The Bertz CT molecular complexity index is 903. The van der Waals surface area contributed by atoms with Gasteiger partial charge in [-0.2, -0.15) is 0 Å². The van der Waals surface area contributed by atoms with Crippen LogP contribution in [0.1, 0.15) is 0 Å². The fourth-order valence-electron chi connectivity index (χ4n) is 2.39. The highest BCUT2D eigenvalue weighted by atomic mass is 15.0. The molecule has 4 heterocycles. The first kappa shape index (κ1) is 11.0. The quantitative estimate of drug-likeness (QED) is 0.584. The Morgan fingerprint density at radius 2 is 2.10 bits per heavy atom. The minimum atomic E-state index is 0.891. The average molecular weight is 263 g/mol. The van der Waals surface area contributed by atoms with Crippen molar-refractivity contribution in [3.8, 4) is 11.4 Å². The van der Waals surface area contributed by atoms with Gasteiger partial charge in [0.2, 0.25) is 0 Å². The summed E-state index contributed by atoms with van der Waals surface area (Å²) in [5, 5.41) is 4.25. The van der Waals surface area contributed by atoms with Gasteiger partial charge in [0.05, 0.1) is 23.3 Å². The highest BCUT2D eigenvalue weighted by Crippen LogP contribution is 2.22. The van der Waals surface area contributed by atoms with E-state index in [1.54, 1.807) is 0 Å². The summed E-state index contributed by atoms with van der Waals surface area (Å²) in [7, 11) is 1.90. The lowest BCUT2D eigenvalue weighted by Crippen LogP contribution is -1.94. The van der Waals surface area contributed by atoms with Crippen molar-refractivity contribution in [2.45, 2.75) is 0 Å². The van der Waals surface area contributed by atoms with Gasteiger partial charge in [-0.15, -0.1) is 0 Å². The van der Waals surface area contributed by atoms with Crippen LogP contribution in [0.2, 0.25) is 0 Å². The molecule has 4 aromatic rings. The van der Waals surface area contributed by atoms with Crippen molar-refractivity contribution >= 4 is 22.4 Å². The number of hydrogen-bond acceptors (Lipinski definition) is 3. The second-order valence-electron chi connectivity index (χ2n) is 4.65. The van der Waals surface area contributed by atoms with Gasteiger partial charge in [0, 0.05) is 24.8 Å². The number of nitrogens with zero attached hydrogens (tertiary/aromatic N) is 3. The lowest BCUT2D eigenvalue weighted by molar-refractivity contribution is 1.17. The molecule has 4 aromatic heterocycles. The number of rotatable bonds is 2. The molecule has 0 radical (unpaired) electrons. The fourth-order valence-corrected chi connectivity index (χ4v) is 2.39. The first-order valence-electron chi connectivity index (χ1n) is 6.44. The third-order valence-corrected chi connectivity index (χ3v) is 3.47. The summed E-state index contributed by atoms with van der Waals surface area (Å²) in [6, 6.07) is 10.1. The van der Waals surface area contributed by atoms with Gasteiger partial charge >= 0.3 is 0 Å². The molecular weight excluding hydrogens is 250 g/mol. The second-order valence-corrected chi connectivity index (χ2v) is 4.65. The lowest BCUT2D eigenvalue weighted by Gasteiger charge is -2.04.